The Kier molecular flexibility index (Phi) is 13.1. The summed E-state index contributed by atoms with van der Waals surface area (Å²) in [7, 11) is 0. The largest absolute Gasteiger partial charge is 0.460 e. The molecule has 0 saturated carbocycles. The zero-order valence-corrected chi connectivity index (χ0v) is 18.3. The maximum absolute atomic E-state index is 12.3. The van der Waals surface area contributed by atoms with E-state index in [4.69, 9.17) is 18.9 Å². The number of halogens is 1. The molecule has 7 heteroatoms. The van der Waals surface area contributed by atoms with Gasteiger partial charge in [-0.2, -0.15) is 0 Å². The Labute approximate surface area is 175 Å². The van der Waals surface area contributed by atoms with Crippen LogP contribution in [0.3, 0.4) is 0 Å². The van der Waals surface area contributed by atoms with Crippen molar-refractivity contribution in [3.05, 3.63) is 32.9 Å². The monoisotopic (exact) mass is 492 g/mol. The van der Waals surface area contributed by atoms with Gasteiger partial charge in [0.1, 0.15) is 13.2 Å². The number of esters is 2. The lowest BCUT2D eigenvalue weighted by atomic mass is 10.1. The van der Waals surface area contributed by atoms with Crippen molar-refractivity contribution >= 4 is 34.5 Å². The minimum atomic E-state index is -0.559. The van der Waals surface area contributed by atoms with Crippen molar-refractivity contribution in [1.82, 2.24) is 0 Å². The van der Waals surface area contributed by atoms with Crippen molar-refractivity contribution in [3.63, 3.8) is 0 Å². The molecule has 0 aliphatic rings. The predicted molar refractivity (Wildman–Crippen MR) is 111 cm³/mol. The maximum Gasteiger partial charge on any atom is 0.339 e. The fourth-order valence-corrected chi connectivity index (χ4v) is 2.59. The second kappa shape index (κ2) is 14.8. The Balaban J connectivity index is 2.52. The molecule has 6 nitrogen and oxygen atoms in total. The number of unbranched alkanes of at least 4 members (excludes halogenated alkanes) is 2. The van der Waals surface area contributed by atoms with Gasteiger partial charge in [-0.25, -0.2) is 9.59 Å². The molecular formula is C20H29IO6. The third-order valence-corrected chi connectivity index (χ3v) is 4.30. The SMILES string of the molecule is CCCCOCCOC(=O)c1ccc(I)cc1C(=O)OCCOCCCC. The summed E-state index contributed by atoms with van der Waals surface area (Å²) in [5.41, 5.74) is 0.397. The van der Waals surface area contributed by atoms with E-state index >= 15 is 0 Å². The van der Waals surface area contributed by atoms with E-state index in [0.29, 0.717) is 26.4 Å². The summed E-state index contributed by atoms with van der Waals surface area (Å²) in [6.45, 7) is 6.43. The van der Waals surface area contributed by atoms with Gasteiger partial charge in [-0.05, 0) is 53.6 Å². The molecule has 0 N–H and O–H groups in total. The lowest BCUT2D eigenvalue weighted by molar-refractivity contribution is 0.0276. The lowest BCUT2D eigenvalue weighted by Crippen LogP contribution is -2.18. The van der Waals surface area contributed by atoms with Crippen molar-refractivity contribution in [2.75, 3.05) is 39.6 Å². The molecule has 1 aromatic rings. The van der Waals surface area contributed by atoms with E-state index in [9.17, 15) is 9.59 Å². The first kappa shape index (κ1) is 23.8. The third kappa shape index (κ3) is 10.1. The van der Waals surface area contributed by atoms with Gasteiger partial charge in [0.15, 0.2) is 0 Å². The molecule has 0 aromatic heterocycles. The average Bonchev–Trinajstić information content (AvgIpc) is 2.66. The summed E-state index contributed by atoms with van der Waals surface area (Å²) in [5.74, 6) is -1.12. The van der Waals surface area contributed by atoms with E-state index in [2.05, 4.69) is 36.4 Å². The highest BCUT2D eigenvalue weighted by Gasteiger charge is 2.20. The molecule has 0 bridgehead atoms. The van der Waals surface area contributed by atoms with Crippen LogP contribution < -0.4 is 0 Å². The fourth-order valence-electron chi connectivity index (χ4n) is 2.10. The Morgan fingerprint density at radius 2 is 1.30 bits per heavy atom. The zero-order chi connectivity index (χ0) is 19.9. The van der Waals surface area contributed by atoms with Crippen LogP contribution in [0.5, 0.6) is 0 Å². The Hall–Kier alpha value is -1.19. The van der Waals surface area contributed by atoms with Crippen LogP contribution in [0.2, 0.25) is 0 Å². The molecule has 1 aromatic carbocycles. The topological polar surface area (TPSA) is 71.1 Å². The van der Waals surface area contributed by atoms with Crippen LogP contribution in [-0.2, 0) is 18.9 Å². The molecule has 1 rings (SSSR count). The second-order valence-electron chi connectivity index (χ2n) is 5.89. The standard InChI is InChI=1S/C20H29IO6/c1-3-5-9-24-11-13-26-19(22)17-8-7-16(21)15-18(17)20(23)27-14-12-25-10-6-4-2/h7-8,15H,3-6,9-14H2,1-2H3. The molecule has 0 unspecified atom stereocenters. The van der Waals surface area contributed by atoms with Gasteiger partial charge in [-0.15, -0.1) is 0 Å². The number of hydrogen-bond donors (Lipinski definition) is 0. The third-order valence-electron chi connectivity index (χ3n) is 3.63. The molecule has 0 radical (unpaired) electrons. The first-order valence-corrected chi connectivity index (χ1v) is 10.5. The van der Waals surface area contributed by atoms with Crippen molar-refractivity contribution in [2.24, 2.45) is 0 Å². The van der Waals surface area contributed by atoms with Crippen molar-refractivity contribution < 1.29 is 28.5 Å². The minimum absolute atomic E-state index is 0.147. The number of hydrogen-bond acceptors (Lipinski definition) is 6. The highest BCUT2D eigenvalue weighted by atomic mass is 127. The number of benzene rings is 1. The number of carbonyl (C=O) groups is 2. The molecule has 0 spiro atoms. The number of rotatable bonds is 14. The van der Waals surface area contributed by atoms with Crippen LogP contribution in [0, 0.1) is 3.57 Å². The van der Waals surface area contributed by atoms with E-state index in [1.54, 1.807) is 18.2 Å². The van der Waals surface area contributed by atoms with Crippen LogP contribution in [0.25, 0.3) is 0 Å². The van der Waals surface area contributed by atoms with Crippen molar-refractivity contribution in [3.8, 4) is 0 Å². The van der Waals surface area contributed by atoms with Gasteiger partial charge in [0, 0.05) is 16.8 Å². The van der Waals surface area contributed by atoms with Crippen molar-refractivity contribution in [2.45, 2.75) is 39.5 Å². The van der Waals surface area contributed by atoms with Gasteiger partial charge in [-0.1, -0.05) is 26.7 Å². The van der Waals surface area contributed by atoms with Gasteiger partial charge in [0.2, 0.25) is 0 Å². The molecule has 0 heterocycles. The molecule has 0 atom stereocenters. The van der Waals surface area contributed by atoms with E-state index in [1.165, 1.54) is 0 Å². The molecule has 27 heavy (non-hydrogen) atoms. The summed E-state index contributed by atoms with van der Waals surface area (Å²) in [6.07, 6.45) is 4.06. The number of carbonyl (C=O) groups excluding carboxylic acids is 2. The summed E-state index contributed by atoms with van der Waals surface area (Å²) >= 11 is 2.08. The minimum Gasteiger partial charge on any atom is -0.460 e. The second-order valence-corrected chi connectivity index (χ2v) is 7.14. The Morgan fingerprint density at radius 3 is 1.81 bits per heavy atom. The van der Waals surface area contributed by atoms with Crippen molar-refractivity contribution in [1.29, 1.82) is 0 Å². The Bertz CT molecular complexity index is 576. The predicted octanol–water partition coefficient (Wildman–Crippen LogP) is 4.24. The van der Waals surface area contributed by atoms with Gasteiger partial charge in [0.25, 0.3) is 0 Å². The molecule has 0 saturated heterocycles. The first-order valence-electron chi connectivity index (χ1n) is 9.39. The molecule has 0 fully saturated rings. The smallest absolute Gasteiger partial charge is 0.339 e. The molecule has 152 valence electrons. The summed E-state index contributed by atoms with van der Waals surface area (Å²) < 4.78 is 22.0. The lowest BCUT2D eigenvalue weighted by Gasteiger charge is -2.11. The molecular weight excluding hydrogens is 463 g/mol. The van der Waals surface area contributed by atoms with Gasteiger partial charge in [0.05, 0.1) is 24.3 Å². The van der Waals surface area contributed by atoms with Gasteiger partial charge in [-0.3, -0.25) is 0 Å². The highest BCUT2D eigenvalue weighted by molar-refractivity contribution is 14.1. The van der Waals surface area contributed by atoms with Gasteiger partial charge < -0.3 is 18.9 Å². The highest BCUT2D eigenvalue weighted by Crippen LogP contribution is 2.16. The van der Waals surface area contributed by atoms with E-state index < -0.39 is 11.9 Å². The molecule has 0 aliphatic heterocycles. The quantitative estimate of drug-likeness (QED) is 0.220. The fraction of sp³-hybridized carbons (Fsp3) is 0.600. The summed E-state index contributed by atoms with van der Waals surface area (Å²) in [4.78, 5) is 24.7. The Morgan fingerprint density at radius 1 is 0.778 bits per heavy atom. The summed E-state index contributed by atoms with van der Waals surface area (Å²) in [6, 6.07) is 4.95. The molecule has 0 aliphatic carbocycles. The van der Waals surface area contributed by atoms with Crippen LogP contribution >= 0.6 is 22.6 Å². The van der Waals surface area contributed by atoms with E-state index in [0.717, 1.165) is 29.3 Å². The first-order chi connectivity index (χ1) is 13.1. The summed E-state index contributed by atoms with van der Waals surface area (Å²) in [5, 5.41) is 0. The van der Waals surface area contributed by atoms with Crippen LogP contribution in [0.15, 0.2) is 18.2 Å². The maximum atomic E-state index is 12.3. The normalized spacial score (nSPS) is 10.6. The van der Waals surface area contributed by atoms with Crippen LogP contribution in [-0.4, -0.2) is 51.6 Å². The number of ether oxygens (including phenoxy) is 4. The van der Waals surface area contributed by atoms with Gasteiger partial charge >= 0.3 is 11.9 Å². The van der Waals surface area contributed by atoms with E-state index in [-0.39, 0.29) is 24.3 Å². The van der Waals surface area contributed by atoms with Crippen LogP contribution in [0.4, 0.5) is 0 Å². The zero-order valence-electron chi connectivity index (χ0n) is 16.1. The van der Waals surface area contributed by atoms with E-state index in [1.807, 2.05) is 0 Å². The van der Waals surface area contributed by atoms with Crippen LogP contribution in [0.1, 0.15) is 60.2 Å². The average molecular weight is 492 g/mol. The molecule has 0 amide bonds.